The van der Waals surface area contributed by atoms with Crippen molar-refractivity contribution in [3.63, 3.8) is 0 Å². The Morgan fingerprint density at radius 2 is 2.27 bits per heavy atom. The van der Waals surface area contributed by atoms with Gasteiger partial charge in [-0.05, 0) is 12.5 Å². The summed E-state index contributed by atoms with van der Waals surface area (Å²) in [6, 6.07) is 2.27. The predicted molar refractivity (Wildman–Crippen MR) is 98.0 cm³/mol. The molecule has 2 unspecified atom stereocenters. The summed E-state index contributed by atoms with van der Waals surface area (Å²) in [4.78, 5) is 16.3. The number of anilines is 1. The van der Waals surface area contributed by atoms with Crippen LogP contribution in [0.1, 0.15) is 6.42 Å². The van der Waals surface area contributed by atoms with E-state index in [-0.39, 0.29) is 0 Å². The Balaban J connectivity index is 1.51. The molecule has 2 aliphatic rings. The second-order valence-corrected chi connectivity index (χ2v) is 7.69. The summed E-state index contributed by atoms with van der Waals surface area (Å²) in [5.74, 6) is 2.15. The summed E-state index contributed by atoms with van der Waals surface area (Å²) in [5, 5.41) is 1.14. The van der Waals surface area contributed by atoms with Crippen LogP contribution in [0.5, 0.6) is 5.75 Å². The zero-order valence-electron chi connectivity index (χ0n) is 14.3. The van der Waals surface area contributed by atoms with E-state index in [9.17, 15) is 0 Å². The average molecular weight is 395 g/mol. The number of hydrogen-bond donors (Lipinski definition) is 0. The van der Waals surface area contributed by atoms with Gasteiger partial charge in [0.1, 0.15) is 23.6 Å². The summed E-state index contributed by atoms with van der Waals surface area (Å²) in [6.45, 7) is 2.58. The molecule has 2 aromatic heterocycles. The molecule has 1 saturated heterocycles. The highest BCUT2D eigenvalue weighted by atomic mass is 35.5. The van der Waals surface area contributed by atoms with Crippen LogP contribution in [-0.2, 0) is 9.47 Å². The molecule has 0 bridgehead atoms. The van der Waals surface area contributed by atoms with Crippen molar-refractivity contribution in [2.75, 3.05) is 38.6 Å². The number of rotatable bonds is 6. The van der Waals surface area contributed by atoms with E-state index >= 15 is 0 Å². The van der Waals surface area contributed by atoms with Crippen LogP contribution in [0.15, 0.2) is 34.6 Å². The lowest BCUT2D eigenvalue weighted by Gasteiger charge is -2.33. The minimum Gasteiger partial charge on any atom is -0.486 e. The summed E-state index contributed by atoms with van der Waals surface area (Å²) >= 11 is 7.31. The maximum Gasteiger partial charge on any atom is 0.175 e. The minimum atomic E-state index is 0.329. The monoisotopic (exact) mass is 394 g/mol. The number of pyridine rings is 1. The third-order valence-electron chi connectivity index (χ3n) is 4.41. The molecule has 4 rings (SSSR count). The summed E-state index contributed by atoms with van der Waals surface area (Å²) < 4.78 is 16.6. The fraction of sp³-hybridized carbons (Fsp3) is 0.471. The predicted octanol–water partition coefficient (Wildman–Crippen LogP) is 2.88. The second-order valence-electron chi connectivity index (χ2n) is 6.24. The fourth-order valence-electron chi connectivity index (χ4n) is 3.34. The van der Waals surface area contributed by atoms with Crippen molar-refractivity contribution >= 4 is 29.2 Å². The molecule has 0 aliphatic carbocycles. The summed E-state index contributed by atoms with van der Waals surface area (Å²) in [6.07, 6.45) is 6.04. The quantitative estimate of drug-likeness (QED) is 0.547. The Bertz CT molecular complexity index is 764. The Hall–Kier alpha value is -1.61. The summed E-state index contributed by atoms with van der Waals surface area (Å²) in [7, 11) is 1.64. The number of halogens is 1. The maximum absolute atomic E-state index is 6.07. The molecule has 0 saturated carbocycles. The van der Waals surface area contributed by atoms with Crippen LogP contribution in [0.2, 0.25) is 5.15 Å². The molecule has 2 aliphatic heterocycles. The van der Waals surface area contributed by atoms with Crippen molar-refractivity contribution in [1.82, 2.24) is 15.0 Å². The topological polar surface area (TPSA) is 69.6 Å². The molecule has 26 heavy (non-hydrogen) atoms. The van der Waals surface area contributed by atoms with E-state index in [0.717, 1.165) is 34.5 Å². The van der Waals surface area contributed by atoms with Gasteiger partial charge in [-0.25, -0.2) is 15.0 Å². The van der Waals surface area contributed by atoms with Gasteiger partial charge in [0, 0.05) is 25.8 Å². The highest BCUT2D eigenvalue weighted by molar-refractivity contribution is 7.99. The molecule has 2 atom stereocenters. The van der Waals surface area contributed by atoms with Crippen molar-refractivity contribution in [3.05, 3.63) is 29.8 Å². The number of aromatic nitrogens is 3. The van der Waals surface area contributed by atoms with Gasteiger partial charge in [0.15, 0.2) is 11.6 Å². The van der Waals surface area contributed by atoms with E-state index in [1.165, 1.54) is 11.8 Å². The third kappa shape index (κ3) is 3.73. The van der Waals surface area contributed by atoms with Crippen molar-refractivity contribution in [3.8, 4) is 5.75 Å². The van der Waals surface area contributed by atoms with E-state index in [1.54, 1.807) is 19.5 Å². The molecular weight excluding hydrogens is 376 g/mol. The van der Waals surface area contributed by atoms with Crippen molar-refractivity contribution in [2.45, 2.75) is 22.4 Å². The van der Waals surface area contributed by atoms with E-state index in [1.807, 2.05) is 12.3 Å². The van der Waals surface area contributed by atoms with Crippen molar-refractivity contribution in [1.29, 1.82) is 0 Å². The molecule has 2 aromatic rings. The van der Waals surface area contributed by atoms with Crippen LogP contribution < -0.4 is 9.64 Å². The van der Waals surface area contributed by atoms with Crippen LogP contribution in [0.4, 0.5) is 5.82 Å². The second kappa shape index (κ2) is 7.96. The van der Waals surface area contributed by atoms with Crippen LogP contribution in [-0.4, -0.2) is 54.7 Å². The number of nitrogens with zero attached hydrogens (tertiary/aromatic N) is 4. The smallest absolute Gasteiger partial charge is 0.175 e. The highest BCUT2D eigenvalue weighted by Gasteiger charge is 2.38. The first kappa shape index (κ1) is 17.8. The molecule has 0 radical (unpaired) electrons. The zero-order chi connectivity index (χ0) is 17.9. The molecule has 9 heteroatoms. The molecule has 4 heterocycles. The summed E-state index contributed by atoms with van der Waals surface area (Å²) in [5.41, 5.74) is 0. The van der Waals surface area contributed by atoms with Crippen molar-refractivity contribution in [2.24, 2.45) is 5.92 Å². The van der Waals surface area contributed by atoms with Gasteiger partial charge in [0.2, 0.25) is 0 Å². The Morgan fingerprint density at radius 3 is 3.08 bits per heavy atom. The van der Waals surface area contributed by atoms with Gasteiger partial charge in [-0.3, -0.25) is 0 Å². The van der Waals surface area contributed by atoms with Crippen LogP contribution in [0, 0.1) is 5.92 Å². The lowest BCUT2D eigenvalue weighted by atomic mass is 10.1. The van der Waals surface area contributed by atoms with E-state index in [2.05, 4.69) is 19.9 Å². The van der Waals surface area contributed by atoms with Crippen LogP contribution in [0.25, 0.3) is 0 Å². The average Bonchev–Trinajstić information content (AvgIpc) is 3.07. The van der Waals surface area contributed by atoms with Gasteiger partial charge in [0.25, 0.3) is 0 Å². The number of hydrogen-bond acceptors (Lipinski definition) is 8. The molecule has 1 fully saturated rings. The van der Waals surface area contributed by atoms with Gasteiger partial charge in [0.05, 0.1) is 29.9 Å². The van der Waals surface area contributed by atoms with Crippen molar-refractivity contribution < 1.29 is 14.2 Å². The first-order chi connectivity index (χ1) is 12.7. The Kier molecular flexibility index (Phi) is 5.44. The van der Waals surface area contributed by atoms with Gasteiger partial charge in [-0.1, -0.05) is 23.4 Å². The number of ether oxygens (including phenoxy) is 3. The zero-order valence-corrected chi connectivity index (χ0v) is 15.9. The van der Waals surface area contributed by atoms with E-state index in [0.29, 0.717) is 37.1 Å². The van der Waals surface area contributed by atoms with Gasteiger partial charge in [-0.15, -0.1) is 0 Å². The largest absolute Gasteiger partial charge is 0.486 e. The van der Waals surface area contributed by atoms with E-state index < -0.39 is 0 Å². The molecule has 7 nitrogen and oxygen atoms in total. The third-order valence-corrected chi connectivity index (χ3v) is 5.57. The molecule has 0 aromatic carbocycles. The fourth-order valence-corrected chi connectivity index (χ4v) is 4.24. The SMILES string of the molecule is COCOCC1CC2COc3c(Sc4cnc(Cl)cn4)ccnc3N2C1. The Labute approximate surface area is 161 Å². The molecule has 0 N–H and O–H groups in total. The molecule has 138 valence electrons. The van der Waals surface area contributed by atoms with Crippen LogP contribution >= 0.6 is 23.4 Å². The number of fused-ring (bicyclic) bond motifs is 3. The standard InChI is InChI=1S/C17H19ClN4O3S/c1-23-10-24-8-11-4-12-9-25-16-13(2-3-19-17(16)22(12)7-11)26-15-6-20-14(18)5-21-15/h2-3,5-6,11-12H,4,7-10H2,1H3. The minimum absolute atomic E-state index is 0.329. The lowest BCUT2D eigenvalue weighted by molar-refractivity contribution is -0.0414. The maximum atomic E-state index is 6.07. The van der Waals surface area contributed by atoms with Gasteiger partial charge < -0.3 is 19.1 Å². The first-order valence-corrected chi connectivity index (χ1v) is 9.54. The molecular formula is C17H19ClN4O3S. The molecule has 0 spiro atoms. The first-order valence-electron chi connectivity index (χ1n) is 8.35. The van der Waals surface area contributed by atoms with E-state index in [4.69, 9.17) is 25.8 Å². The Morgan fingerprint density at radius 1 is 1.35 bits per heavy atom. The lowest BCUT2D eigenvalue weighted by Crippen LogP contribution is -2.39. The van der Waals surface area contributed by atoms with Crippen LogP contribution in [0.3, 0.4) is 0 Å². The molecule has 0 amide bonds. The number of methoxy groups -OCH3 is 1. The van der Waals surface area contributed by atoms with Gasteiger partial charge in [-0.2, -0.15) is 0 Å². The normalized spacial score (nSPS) is 21.2. The highest BCUT2D eigenvalue weighted by Crippen LogP contribution is 2.44. The van der Waals surface area contributed by atoms with Gasteiger partial charge >= 0.3 is 0 Å².